The second-order valence-electron chi connectivity index (χ2n) is 8.79. The average Bonchev–Trinajstić information content (AvgIpc) is 3.34. The number of aliphatic imine (C=N–C) groups is 1. The Labute approximate surface area is 215 Å². The van der Waals surface area contributed by atoms with Crippen molar-refractivity contribution >= 4 is 17.8 Å². The van der Waals surface area contributed by atoms with Crippen molar-refractivity contribution in [2.45, 2.75) is 12.5 Å². The van der Waals surface area contributed by atoms with Crippen LogP contribution in [0.1, 0.15) is 22.7 Å². The van der Waals surface area contributed by atoms with E-state index in [4.69, 9.17) is 15.0 Å². The van der Waals surface area contributed by atoms with Gasteiger partial charge < -0.3 is 14.7 Å². The van der Waals surface area contributed by atoms with E-state index in [1.54, 1.807) is 47.2 Å². The van der Waals surface area contributed by atoms with E-state index in [2.05, 4.69) is 16.4 Å². The first-order valence-electron chi connectivity index (χ1n) is 11.9. The molecule has 2 aliphatic heterocycles. The fourth-order valence-electron chi connectivity index (χ4n) is 4.59. The average molecular weight is 507 g/mol. The zero-order valence-corrected chi connectivity index (χ0v) is 20.9. The molecule has 0 spiro atoms. The molecule has 4 rings (SSSR count). The number of amidine groups is 1. The largest absolute Gasteiger partial charge is 0.508 e. The van der Waals surface area contributed by atoms with E-state index in [9.17, 15) is 14.7 Å². The Morgan fingerprint density at radius 3 is 2.51 bits per heavy atom. The molecule has 0 radical (unpaired) electrons. The molecular formula is C26H30N6O5. The number of aromatic hydroxyl groups is 1. The number of phenolic OH excluding ortho intramolecular Hbond substituents is 1. The molecule has 1 saturated heterocycles. The number of phenols is 1. The molecule has 37 heavy (non-hydrogen) atoms. The summed E-state index contributed by atoms with van der Waals surface area (Å²) in [5.41, 5.74) is 4.63. The molecular weight excluding hydrogens is 476 g/mol. The highest BCUT2D eigenvalue weighted by molar-refractivity contribution is 6.10. The number of methoxy groups -OCH3 is 1. The molecule has 11 nitrogen and oxygen atoms in total. The first-order valence-corrected chi connectivity index (χ1v) is 11.9. The Morgan fingerprint density at radius 1 is 1.14 bits per heavy atom. The van der Waals surface area contributed by atoms with Crippen molar-refractivity contribution in [1.29, 1.82) is 5.26 Å². The summed E-state index contributed by atoms with van der Waals surface area (Å²) in [5.74, 6) is 0.926. The molecule has 1 fully saturated rings. The number of nitrogens with one attached hydrogen (secondary N) is 1. The van der Waals surface area contributed by atoms with Crippen LogP contribution < -0.4 is 10.2 Å². The van der Waals surface area contributed by atoms with Crippen LogP contribution in [0.5, 0.6) is 11.5 Å². The summed E-state index contributed by atoms with van der Waals surface area (Å²) in [6, 6.07) is 13.8. The van der Waals surface area contributed by atoms with Gasteiger partial charge >= 0.3 is 6.03 Å². The molecule has 0 bridgehead atoms. The van der Waals surface area contributed by atoms with Crippen molar-refractivity contribution in [2.24, 2.45) is 4.99 Å². The molecule has 0 aliphatic carbocycles. The first kappa shape index (κ1) is 25.9. The van der Waals surface area contributed by atoms with Crippen molar-refractivity contribution < 1.29 is 24.3 Å². The molecule has 0 unspecified atom stereocenters. The van der Waals surface area contributed by atoms with Gasteiger partial charge in [0.2, 0.25) is 0 Å². The van der Waals surface area contributed by atoms with E-state index >= 15 is 0 Å². The summed E-state index contributed by atoms with van der Waals surface area (Å²) in [5, 5.41) is 18.8. The molecule has 2 heterocycles. The molecule has 0 aromatic heterocycles. The molecule has 1 atom stereocenters. The second-order valence-corrected chi connectivity index (χ2v) is 8.79. The van der Waals surface area contributed by atoms with E-state index in [1.807, 2.05) is 17.0 Å². The second kappa shape index (κ2) is 11.7. The number of hydrogen-bond acceptors (Lipinski definition) is 8. The van der Waals surface area contributed by atoms with Crippen LogP contribution in [0.15, 0.2) is 47.5 Å². The summed E-state index contributed by atoms with van der Waals surface area (Å²) in [6.45, 7) is 2.52. The maximum absolute atomic E-state index is 14.0. The number of nitrogens with zero attached hydrogens (tertiary/aromatic N) is 5. The van der Waals surface area contributed by atoms with Crippen LogP contribution in [-0.4, -0.2) is 91.1 Å². The van der Waals surface area contributed by atoms with Crippen LogP contribution in [-0.2, 0) is 16.1 Å². The van der Waals surface area contributed by atoms with Crippen LogP contribution in [0.2, 0.25) is 0 Å². The lowest BCUT2D eigenvalue weighted by molar-refractivity contribution is -0.132. The van der Waals surface area contributed by atoms with E-state index in [0.29, 0.717) is 49.9 Å². The number of nitriles is 1. The summed E-state index contributed by atoms with van der Waals surface area (Å²) < 4.78 is 5.62. The van der Waals surface area contributed by atoms with E-state index < -0.39 is 0 Å². The van der Waals surface area contributed by atoms with Crippen molar-refractivity contribution in [3.63, 3.8) is 0 Å². The number of carbonyl (C=O) groups excluding carboxylic acids is 2. The van der Waals surface area contributed by atoms with E-state index in [-0.39, 0.29) is 36.7 Å². The van der Waals surface area contributed by atoms with E-state index in [0.717, 1.165) is 11.1 Å². The standard InChI is InChI=1S/C26H30N6O5/c1-36-23-15-18(9-10-27)3-8-21(23)25-28-16-22(19-4-6-20(33)7-5-19)32(25)26(35)31-13-11-30(12-14-31)17-24(34)29-37-2/h3-8,15,22,33H,9,11-14,16-17H2,1-2H3,(H,29,34)/t22-/m0/s1. The van der Waals surface area contributed by atoms with Crippen molar-refractivity contribution in [2.75, 3.05) is 53.5 Å². The zero-order valence-electron chi connectivity index (χ0n) is 20.9. The maximum atomic E-state index is 14.0. The minimum atomic E-state index is -0.364. The number of rotatable bonds is 7. The van der Waals surface area contributed by atoms with Gasteiger partial charge in [0.25, 0.3) is 5.91 Å². The number of benzene rings is 2. The van der Waals surface area contributed by atoms with Crippen molar-refractivity contribution in [3.8, 4) is 17.6 Å². The summed E-state index contributed by atoms with van der Waals surface area (Å²) >= 11 is 0. The minimum Gasteiger partial charge on any atom is -0.508 e. The SMILES string of the molecule is CONC(=O)CN1CCN(C(=O)N2C(c3ccc(CC#N)cc3OC)=NC[C@H]2c2ccc(O)cc2)CC1. The monoisotopic (exact) mass is 506 g/mol. The maximum Gasteiger partial charge on any atom is 0.326 e. The highest BCUT2D eigenvalue weighted by Gasteiger charge is 2.39. The molecule has 11 heteroatoms. The van der Waals surface area contributed by atoms with Crippen LogP contribution >= 0.6 is 0 Å². The highest BCUT2D eigenvalue weighted by atomic mass is 16.6. The van der Waals surface area contributed by atoms with Crippen LogP contribution in [0.3, 0.4) is 0 Å². The molecule has 2 aromatic carbocycles. The third-order valence-electron chi connectivity index (χ3n) is 6.45. The molecule has 194 valence electrons. The highest BCUT2D eigenvalue weighted by Crippen LogP contribution is 2.34. The Balaban J connectivity index is 1.60. The molecule has 2 aromatic rings. The van der Waals surface area contributed by atoms with Gasteiger partial charge in [0.05, 0.1) is 51.4 Å². The number of urea groups is 1. The van der Waals surface area contributed by atoms with Crippen molar-refractivity contribution in [3.05, 3.63) is 59.2 Å². The van der Waals surface area contributed by atoms with Gasteiger partial charge in [-0.3, -0.25) is 24.4 Å². The third-order valence-corrected chi connectivity index (χ3v) is 6.45. The molecule has 2 N–H and O–H groups in total. The van der Waals surface area contributed by atoms with Gasteiger partial charge in [-0.05, 0) is 35.4 Å². The lowest BCUT2D eigenvalue weighted by Crippen LogP contribution is -2.55. The van der Waals surface area contributed by atoms with Crippen LogP contribution in [0, 0.1) is 11.3 Å². The van der Waals surface area contributed by atoms with Gasteiger partial charge in [-0.15, -0.1) is 0 Å². The lowest BCUT2D eigenvalue weighted by Gasteiger charge is -2.38. The smallest absolute Gasteiger partial charge is 0.326 e. The quantitative estimate of drug-likeness (QED) is 0.547. The third kappa shape index (κ3) is 5.82. The number of carbonyl (C=O) groups is 2. The fraction of sp³-hybridized carbons (Fsp3) is 0.385. The van der Waals surface area contributed by atoms with E-state index in [1.165, 1.54) is 7.11 Å². The van der Waals surface area contributed by atoms with Gasteiger partial charge in [0, 0.05) is 26.2 Å². The topological polar surface area (TPSA) is 131 Å². The van der Waals surface area contributed by atoms with Gasteiger partial charge in [-0.25, -0.2) is 10.3 Å². The normalized spacial score (nSPS) is 17.8. The van der Waals surface area contributed by atoms with Gasteiger partial charge in [0.1, 0.15) is 17.3 Å². The van der Waals surface area contributed by atoms with Gasteiger partial charge in [-0.2, -0.15) is 5.26 Å². The number of ether oxygens (including phenoxy) is 1. The summed E-state index contributed by atoms with van der Waals surface area (Å²) in [7, 11) is 2.94. The van der Waals surface area contributed by atoms with Crippen molar-refractivity contribution in [1.82, 2.24) is 20.2 Å². The predicted molar refractivity (Wildman–Crippen MR) is 135 cm³/mol. The van der Waals surface area contributed by atoms with Crippen LogP contribution in [0.4, 0.5) is 4.79 Å². The Bertz CT molecular complexity index is 1200. The van der Waals surface area contributed by atoms with Crippen LogP contribution in [0.25, 0.3) is 0 Å². The Morgan fingerprint density at radius 2 is 1.86 bits per heavy atom. The predicted octanol–water partition coefficient (Wildman–Crippen LogP) is 1.69. The first-order chi connectivity index (χ1) is 17.9. The number of hydrogen-bond donors (Lipinski definition) is 2. The van der Waals surface area contributed by atoms with Gasteiger partial charge in [0.15, 0.2) is 0 Å². The fourth-order valence-corrected chi connectivity index (χ4v) is 4.59. The summed E-state index contributed by atoms with van der Waals surface area (Å²) in [4.78, 5) is 40.6. The van der Waals surface area contributed by atoms with Gasteiger partial charge in [-0.1, -0.05) is 18.2 Å². The Hall–Kier alpha value is -4.14. The number of amides is 3. The Kier molecular flexibility index (Phi) is 8.22. The zero-order chi connectivity index (χ0) is 26.4. The lowest BCUT2D eigenvalue weighted by atomic mass is 10.0. The molecule has 3 amide bonds. The molecule has 2 aliphatic rings. The molecule has 0 saturated carbocycles. The minimum absolute atomic E-state index is 0.143. The number of hydroxylamine groups is 1. The summed E-state index contributed by atoms with van der Waals surface area (Å²) in [6.07, 6.45) is 0.245. The number of piperazine rings is 1.